The number of carbonyl (C=O) groups is 2. The van der Waals surface area contributed by atoms with Crippen molar-refractivity contribution in [1.82, 2.24) is 4.90 Å². The van der Waals surface area contributed by atoms with Gasteiger partial charge in [0.25, 0.3) is 11.6 Å². The van der Waals surface area contributed by atoms with Gasteiger partial charge >= 0.3 is 11.8 Å². The molecule has 120 valence electrons. The first-order chi connectivity index (χ1) is 10.8. The number of nitro groups is 1. The van der Waals surface area contributed by atoms with E-state index in [2.05, 4.69) is 8.83 Å². The summed E-state index contributed by atoms with van der Waals surface area (Å²) in [4.78, 5) is 45.2. The lowest BCUT2D eigenvalue weighted by Gasteiger charge is -2.15. The molecule has 2 aromatic rings. The first-order valence-electron chi connectivity index (χ1n) is 6.13. The maximum Gasteiger partial charge on any atom is 0.518 e. The van der Waals surface area contributed by atoms with E-state index in [4.69, 9.17) is 5.11 Å². The molecule has 0 saturated heterocycles. The fourth-order valence-corrected chi connectivity index (χ4v) is 1.83. The van der Waals surface area contributed by atoms with E-state index in [1.54, 1.807) is 0 Å². The number of non-ortho nitro benzene ring substituents is 1. The van der Waals surface area contributed by atoms with Crippen LogP contribution in [0.3, 0.4) is 0 Å². The Hall–Kier alpha value is -3.43. The second kappa shape index (κ2) is 6.13. The van der Waals surface area contributed by atoms with Crippen LogP contribution in [0.25, 0.3) is 0 Å². The largest absolute Gasteiger partial charge is 0.518 e. The summed E-state index contributed by atoms with van der Waals surface area (Å²) in [6.45, 7) is -0.129. The number of nitro benzene ring substituents is 1. The highest BCUT2D eigenvalue weighted by Gasteiger charge is 2.20. The molecule has 0 spiro atoms. The zero-order chi connectivity index (χ0) is 17.1. The molecule has 1 amide bonds. The molecule has 0 radical (unpaired) electrons. The van der Waals surface area contributed by atoms with Crippen LogP contribution in [-0.2, 0) is 6.54 Å². The molecular weight excluding hydrogens is 312 g/mol. The molecule has 0 bridgehead atoms. The summed E-state index contributed by atoms with van der Waals surface area (Å²) in [7, 11) is 1.36. The molecular formula is C13H10N2O8. The highest BCUT2D eigenvalue weighted by Crippen LogP contribution is 2.19. The first kappa shape index (κ1) is 15.9. The van der Waals surface area contributed by atoms with Crippen LogP contribution >= 0.6 is 0 Å². The Kier molecular flexibility index (Phi) is 4.25. The Morgan fingerprint density at radius 3 is 2.48 bits per heavy atom. The van der Waals surface area contributed by atoms with Gasteiger partial charge in [-0.3, -0.25) is 14.9 Å². The van der Waals surface area contributed by atoms with E-state index in [9.17, 15) is 24.5 Å². The number of hydrogen-bond acceptors (Lipinski definition) is 7. The zero-order valence-corrected chi connectivity index (χ0v) is 11.7. The van der Waals surface area contributed by atoms with Crippen LogP contribution in [0.1, 0.15) is 26.5 Å². The summed E-state index contributed by atoms with van der Waals surface area (Å²) in [6.07, 6.45) is 1.03. The molecule has 1 aromatic heterocycles. The minimum Gasteiger partial charge on any atom is -0.478 e. The molecule has 0 saturated carbocycles. The van der Waals surface area contributed by atoms with Gasteiger partial charge in [-0.25, -0.2) is 9.59 Å². The predicted octanol–water partition coefficient (Wildman–Crippen LogP) is 1.11. The number of benzene rings is 1. The lowest BCUT2D eigenvalue weighted by molar-refractivity contribution is -0.384. The monoisotopic (exact) mass is 322 g/mol. The number of aromatic carboxylic acids is 1. The fourth-order valence-electron chi connectivity index (χ4n) is 1.83. The van der Waals surface area contributed by atoms with Crippen molar-refractivity contribution in [2.45, 2.75) is 6.54 Å². The van der Waals surface area contributed by atoms with Crippen molar-refractivity contribution < 1.29 is 28.5 Å². The van der Waals surface area contributed by atoms with Gasteiger partial charge in [0.1, 0.15) is 6.26 Å². The van der Waals surface area contributed by atoms with Crippen LogP contribution in [-0.4, -0.2) is 33.9 Å². The van der Waals surface area contributed by atoms with Gasteiger partial charge in [0, 0.05) is 24.7 Å². The van der Waals surface area contributed by atoms with Crippen molar-refractivity contribution >= 4 is 17.6 Å². The standard InChI is InChI=1S/C13H10N2O8/c1-14(5-10-6-22-13(19)23-10)11(16)7-2-8(12(17)18)4-9(3-7)15(20)21/h2-4,6H,5H2,1H3,(H,17,18). The van der Waals surface area contributed by atoms with Crippen molar-refractivity contribution in [3.05, 3.63) is 62.1 Å². The predicted molar refractivity (Wildman–Crippen MR) is 73.1 cm³/mol. The van der Waals surface area contributed by atoms with Crippen LogP contribution in [0.2, 0.25) is 0 Å². The molecule has 10 nitrogen and oxygen atoms in total. The van der Waals surface area contributed by atoms with Gasteiger partial charge in [-0.1, -0.05) is 0 Å². The first-order valence-corrected chi connectivity index (χ1v) is 6.13. The molecule has 0 unspecified atom stereocenters. The molecule has 0 atom stereocenters. The number of carboxylic acid groups (broad SMARTS) is 1. The molecule has 23 heavy (non-hydrogen) atoms. The summed E-state index contributed by atoms with van der Waals surface area (Å²) in [5.74, 6) is -2.93. The highest BCUT2D eigenvalue weighted by molar-refractivity contribution is 5.98. The number of carbonyl (C=O) groups excluding carboxylic acids is 1. The Bertz CT molecular complexity index is 802. The van der Waals surface area contributed by atoms with E-state index in [1.165, 1.54) is 7.05 Å². The zero-order valence-electron chi connectivity index (χ0n) is 11.7. The molecule has 0 aliphatic heterocycles. The molecule has 1 heterocycles. The van der Waals surface area contributed by atoms with Crippen molar-refractivity contribution in [2.24, 2.45) is 0 Å². The number of rotatable bonds is 5. The molecule has 0 aliphatic rings. The van der Waals surface area contributed by atoms with Gasteiger partial charge in [-0.2, -0.15) is 0 Å². The summed E-state index contributed by atoms with van der Waals surface area (Å²) in [5.41, 5.74) is -1.08. The molecule has 2 rings (SSSR count). The number of nitrogens with zero attached hydrogens (tertiary/aromatic N) is 2. The topological polar surface area (TPSA) is 144 Å². The Labute approximate surface area is 127 Å². The normalized spacial score (nSPS) is 10.3. The third kappa shape index (κ3) is 3.61. The van der Waals surface area contributed by atoms with Gasteiger partial charge in [0.2, 0.25) is 0 Å². The van der Waals surface area contributed by atoms with Crippen molar-refractivity contribution in [2.75, 3.05) is 7.05 Å². The van der Waals surface area contributed by atoms with E-state index >= 15 is 0 Å². The maximum atomic E-state index is 12.3. The van der Waals surface area contributed by atoms with Crippen LogP contribution in [0.5, 0.6) is 0 Å². The van der Waals surface area contributed by atoms with Crippen LogP contribution < -0.4 is 5.82 Å². The summed E-state index contributed by atoms with van der Waals surface area (Å²) >= 11 is 0. The third-order valence-electron chi connectivity index (χ3n) is 2.86. The number of hydrogen-bond donors (Lipinski definition) is 1. The average molecular weight is 322 g/mol. The van der Waals surface area contributed by atoms with Gasteiger partial charge in [-0.05, 0) is 6.07 Å². The van der Waals surface area contributed by atoms with Crippen molar-refractivity contribution in [3.8, 4) is 0 Å². The molecule has 1 N–H and O–H groups in total. The van der Waals surface area contributed by atoms with E-state index in [1.807, 2.05) is 0 Å². The fraction of sp³-hybridized carbons (Fsp3) is 0.154. The van der Waals surface area contributed by atoms with Gasteiger partial charge in [-0.15, -0.1) is 0 Å². The average Bonchev–Trinajstić information content (AvgIpc) is 2.90. The van der Waals surface area contributed by atoms with E-state index < -0.39 is 28.3 Å². The van der Waals surface area contributed by atoms with E-state index in [0.29, 0.717) is 0 Å². The third-order valence-corrected chi connectivity index (χ3v) is 2.86. The van der Waals surface area contributed by atoms with Crippen LogP contribution in [0.15, 0.2) is 38.1 Å². The Morgan fingerprint density at radius 1 is 1.30 bits per heavy atom. The summed E-state index contributed by atoms with van der Waals surface area (Å²) < 4.78 is 9.07. The Balaban J connectivity index is 2.31. The molecule has 0 aliphatic carbocycles. The number of carboxylic acids is 1. The second-order valence-electron chi connectivity index (χ2n) is 4.55. The molecule has 1 aromatic carbocycles. The second-order valence-corrected chi connectivity index (χ2v) is 4.55. The van der Waals surface area contributed by atoms with E-state index in [0.717, 1.165) is 29.4 Å². The smallest absolute Gasteiger partial charge is 0.478 e. The minimum absolute atomic E-state index is 0.0785. The summed E-state index contributed by atoms with van der Waals surface area (Å²) in [5, 5.41) is 19.8. The van der Waals surface area contributed by atoms with Gasteiger partial charge in [0.05, 0.1) is 17.0 Å². The van der Waals surface area contributed by atoms with Crippen LogP contribution in [0, 0.1) is 10.1 Å². The van der Waals surface area contributed by atoms with Gasteiger partial charge in [0.15, 0.2) is 5.76 Å². The molecule has 10 heteroatoms. The van der Waals surface area contributed by atoms with Crippen LogP contribution in [0.4, 0.5) is 5.69 Å². The SMILES string of the molecule is CN(Cc1coc(=O)o1)C(=O)c1cc(C(=O)O)cc([N+](=O)[O-])c1. The number of amides is 1. The van der Waals surface area contributed by atoms with Crippen molar-refractivity contribution in [1.29, 1.82) is 0 Å². The lowest BCUT2D eigenvalue weighted by atomic mass is 10.1. The molecule has 0 fully saturated rings. The minimum atomic E-state index is -1.40. The Morgan fingerprint density at radius 2 is 1.96 bits per heavy atom. The maximum absolute atomic E-state index is 12.3. The van der Waals surface area contributed by atoms with Gasteiger partial charge < -0.3 is 18.8 Å². The van der Waals surface area contributed by atoms with Crippen molar-refractivity contribution in [3.63, 3.8) is 0 Å². The highest BCUT2D eigenvalue weighted by atomic mass is 16.6. The lowest BCUT2D eigenvalue weighted by Crippen LogP contribution is -2.26. The van der Waals surface area contributed by atoms with E-state index in [-0.39, 0.29) is 23.4 Å². The summed E-state index contributed by atoms with van der Waals surface area (Å²) in [6, 6.07) is 2.85. The quantitative estimate of drug-likeness (QED) is 0.636.